The zero-order chi connectivity index (χ0) is 36.6. The van der Waals surface area contributed by atoms with Crippen LogP contribution in [-0.4, -0.2) is 13.7 Å². The summed E-state index contributed by atoms with van der Waals surface area (Å²) in [5, 5.41) is 6.90. The molecule has 0 saturated carbocycles. The second-order valence-corrected chi connectivity index (χ2v) is 13.9. The Morgan fingerprint density at radius 3 is 1.53 bits per heavy atom. The Labute approximate surface area is 316 Å². The molecule has 254 valence electrons. The number of nitrogens with zero attached hydrogens (tertiary/aromatic N) is 5. The first-order valence-electron chi connectivity index (χ1n) is 18.3. The van der Waals surface area contributed by atoms with Crippen molar-refractivity contribution in [3.63, 3.8) is 0 Å². The lowest BCUT2D eigenvalue weighted by molar-refractivity contribution is 1.17. The minimum Gasteiger partial charge on any atom is -0.319 e. The largest absolute Gasteiger partial charge is 0.319 e. The number of fused-ring (bicyclic) bond motifs is 9. The van der Waals surface area contributed by atoms with Gasteiger partial charge in [0.05, 0.1) is 57.6 Å². The normalized spacial score (nSPS) is 11.6. The zero-order valence-corrected chi connectivity index (χ0v) is 29.5. The van der Waals surface area contributed by atoms with Crippen LogP contribution in [0.4, 0.5) is 11.4 Å². The highest BCUT2D eigenvalue weighted by Gasteiger charge is 2.22. The Morgan fingerprint density at radius 2 is 0.873 bits per heavy atom. The van der Waals surface area contributed by atoms with E-state index in [9.17, 15) is 0 Å². The van der Waals surface area contributed by atoms with Gasteiger partial charge in [0.1, 0.15) is 0 Å². The molecule has 5 nitrogen and oxygen atoms in total. The van der Waals surface area contributed by atoms with Crippen LogP contribution in [0, 0.1) is 13.1 Å². The van der Waals surface area contributed by atoms with Gasteiger partial charge in [-0.1, -0.05) is 109 Å². The summed E-state index contributed by atoms with van der Waals surface area (Å²) in [5.74, 6) is 0. The summed E-state index contributed by atoms with van der Waals surface area (Å²) in [6.45, 7) is 16.1. The summed E-state index contributed by atoms with van der Waals surface area (Å²) in [7, 11) is 0. The van der Waals surface area contributed by atoms with E-state index in [0.29, 0.717) is 11.4 Å². The van der Waals surface area contributed by atoms with Crippen LogP contribution in [0.3, 0.4) is 0 Å². The van der Waals surface area contributed by atoms with Crippen molar-refractivity contribution in [3.8, 4) is 28.2 Å². The van der Waals surface area contributed by atoms with Crippen molar-refractivity contribution in [1.82, 2.24) is 13.7 Å². The topological polar surface area (TPSA) is 23.5 Å². The fraction of sp³-hybridized carbons (Fsp3) is 0. The lowest BCUT2D eigenvalue weighted by Crippen LogP contribution is -1.97. The third kappa shape index (κ3) is 4.39. The van der Waals surface area contributed by atoms with Gasteiger partial charge in [-0.05, 0) is 83.2 Å². The monoisotopic (exact) mass is 699 g/mol. The molecule has 0 N–H and O–H groups in total. The van der Waals surface area contributed by atoms with Gasteiger partial charge in [-0.15, -0.1) is 0 Å². The molecule has 0 atom stereocenters. The Bertz CT molecular complexity index is 3400. The smallest absolute Gasteiger partial charge is 0.218 e. The molecule has 8 aromatic carbocycles. The molecule has 0 aliphatic carbocycles. The summed E-state index contributed by atoms with van der Waals surface area (Å²) < 4.78 is 6.91. The summed E-state index contributed by atoms with van der Waals surface area (Å²) in [6, 6.07) is 61.2. The van der Waals surface area contributed by atoms with E-state index in [2.05, 4.69) is 175 Å². The molecule has 3 aromatic heterocycles. The van der Waals surface area contributed by atoms with E-state index in [1.165, 1.54) is 10.8 Å². The average molecular weight is 700 g/mol. The molecule has 55 heavy (non-hydrogen) atoms. The molecule has 0 unspecified atom stereocenters. The number of hydrogen-bond acceptors (Lipinski definition) is 0. The van der Waals surface area contributed by atoms with Gasteiger partial charge in [0.2, 0.25) is 5.69 Å². The third-order valence-corrected chi connectivity index (χ3v) is 11.1. The van der Waals surface area contributed by atoms with Crippen molar-refractivity contribution in [1.29, 1.82) is 0 Å². The lowest BCUT2D eigenvalue weighted by atomic mass is 10.0. The molecule has 11 aromatic rings. The second-order valence-electron chi connectivity index (χ2n) is 13.9. The lowest BCUT2D eigenvalue weighted by Gasteiger charge is -2.15. The van der Waals surface area contributed by atoms with E-state index < -0.39 is 0 Å². The summed E-state index contributed by atoms with van der Waals surface area (Å²) >= 11 is 0. The van der Waals surface area contributed by atoms with Gasteiger partial charge in [-0.25, -0.2) is 9.69 Å². The standard InChI is InChI=1S/C50H29N5/c1-51-33-27-30-45-40(31-33)38-15-5-7-18-41(38)53(45)34-28-25-32(26-29-34)35-17-11-24-48(50(35)52-2)55-44-21-10-6-16-39(44)49-46(22-12-23-47(49)55)54-42-19-8-3-13-36(42)37-14-4-9-20-43(37)54/h3-31H. The first-order chi connectivity index (χ1) is 27.2. The summed E-state index contributed by atoms with van der Waals surface area (Å²) in [5.41, 5.74) is 12.6. The van der Waals surface area contributed by atoms with Gasteiger partial charge in [0.25, 0.3) is 0 Å². The van der Waals surface area contributed by atoms with Crippen molar-refractivity contribution >= 4 is 76.8 Å². The average Bonchev–Trinajstić information content (AvgIpc) is 3.89. The van der Waals surface area contributed by atoms with E-state index in [1.807, 2.05) is 24.3 Å². The Hall–Kier alpha value is -7.86. The van der Waals surface area contributed by atoms with Gasteiger partial charge < -0.3 is 13.7 Å². The van der Waals surface area contributed by atoms with E-state index >= 15 is 0 Å². The first kappa shape index (κ1) is 30.7. The Morgan fingerprint density at radius 1 is 0.364 bits per heavy atom. The third-order valence-electron chi connectivity index (χ3n) is 11.1. The number of para-hydroxylation sites is 5. The van der Waals surface area contributed by atoms with Gasteiger partial charge >= 0.3 is 0 Å². The van der Waals surface area contributed by atoms with Gasteiger partial charge in [-0.2, -0.15) is 0 Å². The predicted molar refractivity (Wildman–Crippen MR) is 227 cm³/mol. The summed E-state index contributed by atoms with van der Waals surface area (Å²) in [6.07, 6.45) is 0. The van der Waals surface area contributed by atoms with Crippen LogP contribution in [0.5, 0.6) is 0 Å². The molecule has 11 rings (SSSR count). The highest BCUT2D eigenvalue weighted by atomic mass is 15.0. The molecule has 3 heterocycles. The molecular weight excluding hydrogens is 671 g/mol. The number of hydrogen-bond donors (Lipinski definition) is 0. The highest BCUT2D eigenvalue weighted by Crippen LogP contribution is 2.44. The summed E-state index contributed by atoms with van der Waals surface area (Å²) in [4.78, 5) is 7.92. The number of rotatable bonds is 4. The second kappa shape index (κ2) is 11.8. The fourth-order valence-electron chi connectivity index (χ4n) is 8.79. The Kier molecular flexibility index (Phi) is 6.61. The molecule has 0 radical (unpaired) electrons. The Balaban J connectivity index is 1.10. The molecule has 0 amide bonds. The fourth-order valence-corrected chi connectivity index (χ4v) is 8.79. The minimum absolute atomic E-state index is 0.601. The number of benzene rings is 8. The van der Waals surface area contributed by atoms with Crippen LogP contribution < -0.4 is 0 Å². The molecule has 0 saturated heterocycles. The van der Waals surface area contributed by atoms with E-state index in [4.69, 9.17) is 13.1 Å². The van der Waals surface area contributed by atoms with E-state index in [0.717, 1.165) is 82.8 Å². The maximum absolute atomic E-state index is 8.58. The van der Waals surface area contributed by atoms with Crippen LogP contribution in [0.15, 0.2) is 176 Å². The first-order valence-corrected chi connectivity index (χ1v) is 18.3. The molecule has 0 aliphatic rings. The van der Waals surface area contributed by atoms with Crippen molar-refractivity contribution < 1.29 is 0 Å². The van der Waals surface area contributed by atoms with Crippen LogP contribution in [-0.2, 0) is 0 Å². The molecule has 5 heteroatoms. The SMILES string of the molecule is [C-]#[N+]c1ccc2c(c1)c1ccccc1n2-c1ccc(-c2cccc(-n3c4ccccc4c4c(-n5c6ccccc6c6ccccc65)cccc43)c2[N+]#[C-])cc1. The molecular formula is C50H29N5. The zero-order valence-electron chi connectivity index (χ0n) is 29.5. The van der Waals surface area contributed by atoms with Gasteiger partial charge in [-0.3, -0.25) is 0 Å². The van der Waals surface area contributed by atoms with Gasteiger partial charge in [0, 0.05) is 32.6 Å². The maximum Gasteiger partial charge on any atom is 0.218 e. The van der Waals surface area contributed by atoms with Crippen LogP contribution in [0.25, 0.3) is 103 Å². The molecule has 0 aliphatic heterocycles. The van der Waals surface area contributed by atoms with Crippen LogP contribution in [0.2, 0.25) is 0 Å². The minimum atomic E-state index is 0.601. The van der Waals surface area contributed by atoms with E-state index in [-0.39, 0.29) is 0 Å². The maximum atomic E-state index is 8.58. The molecule has 0 spiro atoms. The predicted octanol–water partition coefficient (Wildman–Crippen LogP) is 13.7. The van der Waals surface area contributed by atoms with Crippen molar-refractivity contribution in [3.05, 3.63) is 199 Å². The van der Waals surface area contributed by atoms with Crippen molar-refractivity contribution in [2.24, 2.45) is 0 Å². The quantitative estimate of drug-likeness (QED) is 0.163. The molecule has 0 fully saturated rings. The highest BCUT2D eigenvalue weighted by molar-refractivity contribution is 6.17. The molecule has 0 bridgehead atoms. The van der Waals surface area contributed by atoms with Crippen LogP contribution in [0.1, 0.15) is 0 Å². The van der Waals surface area contributed by atoms with Crippen molar-refractivity contribution in [2.75, 3.05) is 0 Å². The van der Waals surface area contributed by atoms with E-state index in [1.54, 1.807) is 0 Å². The van der Waals surface area contributed by atoms with Crippen molar-refractivity contribution in [2.45, 2.75) is 0 Å². The van der Waals surface area contributed by atoms with Gasteiger partial charge in [0.15, 0.2) is 5.69 Å². The number of aromatic nitrogens is 3. The van der Waals surface area contributed by atoms with Crippen LogP contribution >= 0.6 is 0 Å².